The molecule has 0 fully saturated rings. The van der Waals surface area contributed by atoms with Gasteiger partial charge >= 0.3 is 0 Å². The molecule has 0 radical (unpaired) electrons. The molecule has 4 rings (SSSR count). The lowest BCUT2D eigenvalue weighted by molar-refractivity contribution is 0.775. The molecule has 0 atom stereocenters. The predicted octanol–water partition coefficient (Wildman–Crippen LogP) is 4.51. The zero-order valence-electron chi connectivity index (χ0n) is 16.5. The Bertz CT molecular complexity index is 1140. The third-order valence-electron chi connectivity index (χ3n) is 4.71. The Balaban J connectivity index is 1.43. The lowest BCUT2D eigenvalue weighted by atomic mass is 10.1. The van der Waals surface area contributed by atoms with Crippen LogP contribution in [0, 0.1) is 0 Å². The standard InChI is InChI=1S/C22H22ClN7/c1-30-21(10-13-27-30)29-22-26-12-9-19(28-22)16-4-7-20(18(24)14-16)25-11-8-15-2-5-17(23)6-3-15/h2-7,9-10,12-14,25H,8,11,24H2,1H3,(H,26,28,29). The number of nitrogen functional groups attached to an aromatic ring is 1. The molecule has 4 aromatic rings. The van der Waals surface area contributed by atoms with Crippen LogP contribution in [0.15, 0.2) is 67.0 Å². The van der Waals surface area contributed by atoms with Crippen LogP contribution in [-0.2, 0) is 13.5 Å². The van der Waals surface area contributed by atoms with Gasteiger partial charge in [-0.15, -0.1) is 0 Å². The molecule has 152 valence electrons. The Morgan fingerprint density at radius 3 is 2.60 bits per heavy atom. The topological polar surface area (TPSA) is 93.7 Å². The molecule has 0 saturated carbocycles. The van der Waals surface area contributed by atoms with Gasteiger partial charge in [0.1, 0.15) is 5.82 Å². The summed E-state index contributed by atoms with van der Waals surface area (Å²) in [6, 6.07) is 17.5. The van der Waals surface area contributed by atoms with Crippen molar-refractivity contribution in [2.24, 2.45) is 7.05 Å². The van der Waals surface area contributed by atoms with E-state index >= 15 is 0 Å². The fourth-order valence-corrected chi connectivity index (χ4v) is 3.19. The van der Waals surface area contributed by atoms with E-state index in [1.807, 2.05) is 61.6 Å². The molecular weight excluding hydrogens is 398 g/mol. The molecule has 30 heavy (non-hydrogen) atoms. The second kappa shape index (κ2) is 8.84. The van der Waals surface area contributed by atoms with Gasteiger partial charge in [-0.3, -0.25) is 4.68 Å². The quantitative estimate of drug-likeness (QED) is 0.381. The average Bonchev–Trinajstić information content (AvgIpc) is 3.15. The molecule has 0 spiro atoms. The molecule has 0 unspecified atom stereocenters. The summed E-state index contributed by atoms with van der Waals surface area (Å²) >= 11 is 5.93. The number of anilines is 4. The van der Waals surface area contributed by atoms with Crippen molar-refractivity contribution in [3.8, 4) is 11.3 Å². The first kappa shape index (κ1) is 19.7. The second-order valence-electron chi connectivity index (χ2n) is 6.84. The van der Waals surface area contributed by atoms with E-state index < -0.39 is 0 Å². The lowest BCUT2D eigenvalue weighted by Gasteiger charge is -2.12. The third-order valence-corrected chi connectivity index (χ3v) is 4.96. The Morgan fingerprint density at radius 1 is 1.03 bits per heavy atom. The van der Waals surface area contributed by atoms with Crippen molar-refractivity contribution >= 4 is 34.7 Å². The molecule has 0 aliphatic heterocycles. The van der Waals surface area contributed by atoms with Crippen molar-refractivity contribution in [3.05, 3.63) is 77.6 Å². The average molecular weight is 420 g/mol. The molecular formula is C22H22ClN7. The Kier molecular flexibility index (Phi) is 5.81. The first-order valence-corrected chi connectivity index (χ1v) is 9.92. The van der Waals surface area contributed by atoms with Crippen LogP contribution in [0.5, 0.6) is 0 Å². The minimum absolute atomic E-state index is 0.500. The molecule has 0 bridgehead atoms. The first-order valence-electron chi connectivity index (χ1n) is 9.55. The number of benzene rings is 2. The van der Waals surface area contributed by atoms with E-state index in [0.717, 1.165) is 40.8 Å². The second-order valence-corrected chi connectivity index (χ2v) is 7.27. The van der Waals surface area contributed by atoms with Crippen LogP contribution in [0.3, 0.4) is 0 Å². The molecule has 0 saturated heterocycles. The van der Waals surface area contributed by atoms with Gasteiger partial charge in [-0.2, -0.15) is 5.10 Å². The molecule has 0 aliphatic rings. The van der Waals surface area contributed by atoms with Gasteiger partial charge in [-0.05, 0) is 42.3 Å². The fourth-order valence-electron chi connectivity index (χ4n) is 3.07. The van der Waals surface area contributed by atoms with Crippen LogP contribution >= 0.6 is 11.6 Å². The molecule has 8 heteroatoms. The number of nitrogens with zero attached hydrogens (tertiary/aromatic N) is 4. The number of aromatic nitrogens is 4. The summed E-state index contributed by atoms with van der Waals surface area (Å²) in [6.45, 7) is 0.775. The summed E-state index contributed by atoms with van der Waals surface area (Å²) in [6.07, 6.45) is 4.31. The maximum atomic E-state index is 6.28. The van der Waals surface area contributed by atoms with E-state index in [-0.39, 0.29) is 0 Å². The van der Waals surface area contributed by atoms with Crippen LogP contribution in [0.2, 0.25) is 5.02 Å². The van der Waals surface area contributed by atoms with Crippen LogP contribution in [0.25, 0.3) is 11.3 Å². The van der Waals surface area contributed by atoms with Gasteiger partial charge in [-0.1, -0.05) is 29.8 Å². The summed E-state index contributed by atoms with van der Waals surface area (Å²) in [5, 5.41) is 11.4. The summed E-state index contributed by atoms with van der Waals surface area (Å²) in [4.78, 5) is 8.87. The summed E-state index contributed by atoms with van der Waals surface area (Å²) in [5.74, 6) is 1.31. The van der Waals surface area contributed by atoms with Crippen LogP contribution in [-0.4, -0.2) is 26.3 Å². The van der Waals surface area contributed by atoms with E-state index in [1.54, 1.807) is 17.1 Å². The molecule has 0 aliphatic carbocycles. The minimum Gasteiger partial charge on any atom is -0.397 e. The zero-order valence-corrected chi connectivity index (χ0v) is 17.3. The maximum Gasteiger partial charge on any atom is 0.228 e. The van der Waals surface area contributed by atoms with Crippen molar-refractivity contribution in [2.75, 3.05) is 22.9 Å². The van der Waals surface area contributed by atoms with E-state index in [1.165, 1.54) is 5.56 Å². The van der Waals surface area contributed by atoms with Gasteiger partial charge in [0.05, 0.1) is 23.3 Å². The predicted molar refractivity (Wildman–Crippen MR) is 122 cm³/mol. The highest BCUT2D eigenvalue weighted by Gasteiger charge is 2.07. The third kappa shape index (κ3) is 4.69. The molecule has 2 heterocycles. The SMILES string of the molecule is Cn1nccc1Nc1nccc(-c2ccc(NCCc3ccc(Cl)cc3)c(N)c2)n1. The lowest BCUT2D eigenvalue weighted by Crippen LogP contribution is -2.07. The van der Waals surface area contributed by atoms with Crippen molar-refractivity contribution in [1.29, 1.82) is 0 Å². The highest BCUT2D eigenvalue weighted by molar-refractivity contribution is 6.30. The van der Waals surface area contributed by atoms with Gasteiger partial charge in [0.2, 0.25) is 5.95 Å². The number of hydrogen-bond acceptors (Lipinski definition) is 6. The minimum atomic E-state index is 0.500. The summed E-state index contributed by atoms with van der Waals surface area (Å²) < 4.78 is 1.72. The van der Waals surface area contributed by atoms with Crippen LogP contribution in [0.4, 0.5) is 23.1 Å². The molecule has 7 nitrogen and oxygen atoms in total. The number of rotatable bonds is 7. The zero-order chi connectivity index (χ0) is 20.9. The number of halogens is 1. The van der Waals surface area contributed by atoms with Crippen molar-refractivity contribution in [1.82, 2.24) is 19.7 Å². The molecule has 0 amide bonds. The number of nitrogens with one attached hydrogen (secondary N) is 2. The van der Waals surface area contributed by atoms with Crippen molar-refractivity contribution in [2.45, 2.75) is 6.42 Å². The molecule has 4 N–H and O–H groups in total. The number of hydrogen-bond donors (Lipinski definition) is 3. The number of nitrogens with two attached hydrogens (primary N) is 1. The number of aryl methyl sites for hydroxylation is 1. The largest absolute Gasteiger partial charge is 0.397 e. The van der Waals surface area contributed by atoms with E-state index in [9.17, 15) is 0 Å². The van der Waals surface area contributed by atoms with Gasteiger partial charge < -0.3 is 16.4 Å². The van der Waals surface area contributed by atoms with Gasteiger partial charge in [0.15, 0.2) is 0 Å². The van der Waals surface area contributed by atoms with Gasteiger partial charge in [0.25, 0.3) is 0 Å². The Hall–Kier alpha value is -3.58. The van der Waals surface area contributed by atoms with E-state index in [2.05, 4.69) is 25.7 Å². The fraction of sp³-hybridized carbons (Fsp3) is 0.136. The summed E-state index contributed by atoms with van der Waals surface area (Å²) in [5.41, 5.74) is 10.8. The maximum absolute atomic E-state index is 6.28. The van der Waals surface area contributed by atoms with Gasteiger partial charge in [-0.25, -0.2) is 9.97 Å². The smallest absolute Gasteiger partial charge is 0.228 e. The van der Waals surface area contributed by atoms with E-state index in [0.29, 0.717) is 11.6 Å². The van der Waals surface area contributed by atoms with Crippen molar-refractivity contribution in [3.63, 3.8) is 0 Å². The van der Waals surface area contributed by atoms with Crippen molar-refractivity contribution < 1.29 is 0 Å². The first-order chi connectivity index (χ1) is 14.6. The molecule has 2 aromatic heterocycles. The summed E-state index contributed by atoms with van der Waals surface area (Å²) in [7, 11) is 1.85. The monoisotopic (exact) mass is 419 g/mol. The highest BCUT2D eigenvalue weighted by Crippen LogP contribution is 2.26. The Morgan fingerprint density at radius 2 is 1.87 bits per heavy atom. The van der Waals surface area contributed by atoms with E-state index in [4.69, 9.17) is 17.3 Å². The Labute approximate surface area is 179 Å². The molecule has 2 aromatic carbocycles. The van der Waals surface area contributed by atoms with Crippen LogP contribution < -0.4 is 16.4 Å². The van der Waals surface area contributed by atoms with Crippen LogP contribution in [0.1, 0.15) is 5.56 Å². The normalized spacial score (nSPS) is 10.7. The highest BCUT2D eigenvalue weighted by atomic mass is 35.5. The van der Waals surface area contributed by atoms with Gasteiger partial charge in [0, 0.05) is 36.4 Å².